The minimum Gasteiger partial charge on any atom is -0.450 e. The van der Waals surface area contributed by atoms with Crippen LogP contribution in [-0.4, -0.2) is 13.5 Å². The summed E-state index contributed by atoms with van der Waals surface area (Å²) in [6, 6.07) is 3.24. The molecule has 2 rings (SSSR count). The van der Waals surface area contributed by atoms with Crippen LogP contribution in [0.1, 0.15) is 16.2 Å². The van der Waals surface area contributed by atoms with E-state index < -0.39 is 10.0 Å². The Hall–Kier alpha value is -0.670. The molecule has 0 aliphatic heterocycles. The van der Waals surface area contributed by atoms with Crippen LogP contribution in [0.5, 0.6) is 0 Å². The molecule has 0 spiro atoms. The molecule has 0 aromatic carbocycles. The maximum absolute atomic E-state index is 12.1. The van der Waals surface area contributed by atoms with Crippen LogP contribution in [0.3, 0.4) is 0 Å². The second-order valence-electron chi connectivity index (χ2n) is 3.86. The summed E-state index contributed by atoms with van der Waals surface area (Å²) in [7, 11) is -3.67. The van der Waals surface area contributed by atoms with Gasteiger partial charge in [-0.1, -0.05) is 0 Å². The predicted molar refractivity (Wildman–Crippen MR) is 75.4 cm³/mol. The monoisotopic (exact) mass is 365 g/mol. The van der Waals surface area contributed by atoms with Gasteiger partial charge in [0.2, 0.25) is 10.0 Å². The summed E-state index contributed by atoms with van der Waals surface area (Å²) in [5.41, 5.74) is 1.05. The molecule has 0 bridgehead atoms. The first-order chi connectivity index (χ1) is 8.94. The molecule has 5 nitrogen and oxygen atoms in total. The smallest absolute Gasteiger partial charge is 0.245 e. The molecule has 0 saturated heterocycles. The molecule has 0 atom stereocenters. The van der Waals surface area contributed by atoms with Gasteiger partial charge in [-0.05, 0) is 39.9 Å². The largest absolute Gasteiger partial charge is 0.450 e. The first kappa shape index (κ1) is 14.7. The van der Waals surface area contributed by atoms with Gasteiger partial charge >= 0.3 is 0 Å². The zero-order chi connectivity index (χ0) is 14.0. The number of aliphatic hydroxyl groups is 1. The highest BCUT2D eigenvalue weighted by atomic mass is 79.9. The number of aliphatic hydroxyl groups excluding tert-OH is 1. The van der Waals surface area contributed by atoms with Crippen LogP contribution in [0, 0.1) is 6.92 Å². The lowest BCUT2D eigenvalue weighted by atomic mass is 10.3. The summed E-state index contributed by atoms with van der Waals surface area (Å²) < 4.78 is 31.9. The zero-order valence-corrected chi connectivity index (χ0v) is 13.2. The minimum absolute atomic E-state index is 0.00856. The molecule has 2 heterocycles. The molecule has 0 aliphatic rings. The van der Waals surface area contributed by atoms with E-state index >= 15 is 0 Å². The van der Waals surface area contributed by atoms with E-state index in [0.29, 0.717) is 0 Å². The number of nitrogens with one attached hydrogen (secondary N) is 1. The zero-order valence-electron chi connectivity index (χ0n) is 10.0. The number of rotatable bonds is 5. The van der Waals surface area contributed by atoms with Crippen molar-refractivity contribution in [2.24, 2.45) is 0 Å². The Morgan fingerprint density at radius 3 is 2.79 bits per heavy atom. The van der Waals surface area contributed by atoms with Gasteiger partial charge in [0.1, 0.15) is 17.3 Å². The number of halogens is 1. The third-order valence-electron chi connectivity index (χ3n) is 2.54. The number of sulfonamides is 1. The highest BCUT2D eigenvalue weighted by molar-refractivity contribution is 9.10. The van der Waals surface area contributed by atoms with E-state index in [1.54, 1.807) is 0 Å². The highest BCUT2D eigenvalue weighted by Crippen LogP contribution is 2.26. The summed E-state index contributed by atoms with van der Waals surface area (Å²) in [4.78, 5) is 0.955. The van der Waals surface area contributed by atoms with Crippen molar-refractivity contribution in [1.82, 2.24) is 4.72 Å². The first-order valence-corrected chi connectivity index (χ1v) is 8.51. The quantitative estimate of drug-likeness (QED) is 0.852. The van der Waals surface area contributed by atoms with Crippen LogP contribution >= 0.6 is 27.3 Å². The van der Waals surface area contributed by atoms with Crippen molar-refractivity contribution in [2.45, 2.75) is 25.0 Å². The van der Waals surface area contributed by atoms with Gasteiger partial charge in [0.05, 0.1) is 0 Å². The lowest BCUT2D eigenvalue weighted by Crippen LogP contribution is -2.23. The molecular formula is C11H12BrNO4S2. The van der Waals surface area contributed by atoms with Gasteiger partial charge in [-0.3, -0.25) is 0 Å². The number of thiophene rings is 1. The fourth-order valence-electron chi connectivity index (χ4n) is 1.48. The number of furan rings is 1. The van der Waals surface area contributed by atoms with Gasteiger partial charge in [-0.2, -0.15) is 0 Å². The van der Waals surface area contributed by atoms with E-state index in [0.717, 1.165) is 10.4 Å². The lowest BCUT2D eigenvalue weighted by molar-refractivity contribution is 0.245. The van der Waals surface area contributed by atoms with Gasteiger partial charge in [0, 0.05) is 17.5 Å². The Balaban J connectivity index is 2.18. The third kappa shape index (κ3) is 3.26. The molecule has 8 heteroatoms. The van der Waals surface area contributed by atoms with Crippen molar-refractivity contribution >= 4 is 37.3 Å². The molecule has 0 amide bonds. The standard InChI is InChI=1S/C11H12BrNO4S2/c1-7-2-3-18-9(7)5-13-19(15,16)10-4-8(6-14)17-11(10)12/h2-4,13-14H,5-6H2,1H3. The molecule has 0 radical (unpaired) electrons. The summed E-state index contributed by atoms with van der Waals surface area (Å²) in [5, 5.41) is 10.8. The number of aryl methyl sites for hydroxylation is 1. The lowest BCUT2D eigenvalue weighted by Gasteiger charge is -2.04. The van der Waals surface area contributed by atoms with Gasteiger partial charge in [0.25, 0.3) is 0 Å². The Bertz CT molecular complexity index is 675. The average molecular weight is 366 g/mol. The Morgan fingerprint density at radius 2 is 2.26 bits per heavy atom. The van der Waals surface area contributed by atoms with E-state index in [9.17, 15) is 8.42 Å². The van der Waals surface area contributed by atoms with Crippen molar-refractivity contribution in [1.29, 1.82) is 0 Å². The summed E-state index contributed by atoms with van der Waals surface area (Å²) in [5.74, 6) is 0.194. The molecule has 2 aromatic rings. The second-order valence-corrected chi connectivity index (χ2v) is 7.32. The molecule has 19 heavy (non-hydrogen) atoms. The van der Waals surface area contributed by atoms with Crippen LogP contribution < -0.4 is 4.72 Å². The van der Waals surface area contributed by atoms with Gasteiger partial charge in [-0.15, -0.1) is 11.3 Å². The van der Waals surface area contributed by atoms with Crippen molar-refractivity contribution in [3.05, 3.63) is 38.4 Å². The summed E-state index contributed by atoms with van der Waals surface area (Å²) in [6.07, 6.45) is 0. The molecular weight excluding hydrogens is 354 g/mol. The van der Waals surface area contributed by atoms with E-state index in [2.05, 4.69) is 20.7 Å². The molecule has 0 saturated carbocycles. The van der Waals surface area contributed by atoms with Gasteiger partial charge in [-0.25, -0.2) is 13.1 Å². The van der Waals surface area contributed by atoms with Gasteiger partial charge < -0.3 is 9.52 Å². The predicted octanol–water partition coefficient (Wildman–Crippen LogP) is 2.38. The summed E-state index contributed by atoms with van der Waals surface area (Å²) in [6.45, 7) is 1.81. The van der Waals surface area contributed by atoms with Crippen molar-refractivity contribution < 1.29 is 17.9 Å². The van der Waals surface area contributed by atoms with Crippen molar-refractivity contribution in [2.75, 3.05) is 0 Å². The molecule has 104 valence electrons. The average Bonchev–Trinajstić information content (AvgIpc) is 2.93. The van der Waals surface area contributed by atoms with Crippen LogP contribution in [0.15, 0.2) is 31.5 Å². The van der Waals surface area contributed by atoms with Crippen LogP contribution in [0.25, 0.3) is 0 Å². The fourth-order valence-corrected chi connectivity index (χ4v) is 4.41. The second kappa shape index (κ2) is 5.76. The highest BCUT2D eigenvalue weighted by Gasteiger charge is 2.22. The van der Waals surface area contributed by atoms with Crippen LogP contribution in [-0.2, 0) is 23.2 Å². The SMILES string of the molecule is Cc1ccsc1CNS(=O)(=O)c1cc(CO)oc1Br. The van der Waals surface area contributed by atoms with Crippen LogP contribution in [0.2, 0.25) is 0 Å². The van der Waals surface area contributed by atoms with E-state index in [4.69, 9.17) is 9.52 Å². The normalized spacial score (nSPS) is 11.9. The molecule has 0 unspecified atom stereocenters. The van der Waals surface area contributed by atoms with Crippen LogP contribution in [0.4, 0.5) is 0 Å². The molecule has 2 aromatic heterocycles. The molecule has 2 N–H and O–H groups in total. The Kier molecular flexibility index (Phi) is 4.46. The van der Waals surface area contributed by atoms with E-state index in [-0.39, 0.29) is 28.5 Å². The first-order valence-electron chi connectivity index (χ1n) is 5.35. The number of hydrogen-bond acceptors (Lipinski definition) is 5. The molecule has 0 aliphatic carbocycles. The molecule has 0 fully saturated rings. The third-order valence-corrected chi connectivity index (χ3v) is 5.82. The maximum atomic E-state index is 12.1. The van der Waals surface area contributed by atoms with Crippen molar-refractivity contribution in [3.8, 4) is 0 Å². The maximum Gasteiger partial charge on any atom is 0.245 e. The minimum atomic E-state index is -3.67. The topological polar surface area (TPSA) is 79.5 Å². The Labute approximate surface area is 123 Å². The van der Waals surface area contributed by atoms with Crippen molar-refractivity contribution in [3.63, 3.8) is 0 Å². The fraction of sp³-hybridized carbons (Fsp3) is 0.273. The van der Waals surface area contributed by atoms with Gasteiger partial charge in [0.15, 0.2) is 4.67 Å². The van der Waals surface area contributed by atoms with E-state index in [1.807, 2.05) is 18.4 Å². The summed E-state index contributed by atoms with van der Waals surface area (Å²) >= 11 is 4.53. The Morgan fingerprint density at radius 1 is 1.53 bits per heavy atom. The van der Waals surface area contributed by atoms with E-state index in [1.165, 1.54) is 17.4 Å². The number of hydrogen-bond donors (Lipinski definition) is 2.